The molecule has 0 spiro atoms. The molecule has 0 amide bonds. The maximum Gasteiger partial charge on any atom is 0.216 e. The van der Waals surface area contributed by atoms with Gasteiger partial charge in [0.2, 0.25) is 5.88 Å². The van der Waals surface area contributed by atoms with E-state index in [2.05, 4.69) is 4.98 Å². The van der Waals surface area contributed by atoms with Crippen molar-refractivity contribution in [2.24, 2.45) is 0 Å². The van der Waals surface area contributed by atoms with Gasteiger partial charge in [-0.1, -0.05) is 30.3 Å². The molecule has 0 radical (unpaired) electrons. The lowest BCUT2D eigenvalue weighted by atomic mass is 10.1. The van der Waals surface area contributed by atoms with Crippen LogP contribution in [0.25, 0.3) is 0 Å². The van der Waals surface area contributed by atoms with Crippen molar-refractivity contribution in [3.63, 3.8) is 0 Å². The van der Waals surface area contributed by atoms with Crippen LogP contribution in [0.3, 0.4) is 0 Å². The van der Waals surface area contributed by atoms with Gasteiger partial charge in [-0.05, 0) is 24.6 Å². The molecule has 1 aliphatic rings. The normalized spacial score (nSPS) is 20.3. The zero-order chi connectivity index (χ0) is 16.2. The molecule has 1 aliphatic heterocycles. The third-order valence-electron chi connectivity index (χ3n) is 3.73. The fourth-order valence-corrected chi connectivity index (χ4v) is 2.48. The highest BCUT2D eigenvalue weighted by atomic mass is 16.5. The maximum absolute atomic E-state index is 9.69. The van der Waals surface area contributed by atoms with E-state index in [0.717, 1.165) is 16.7 Å². The van der Waals surface area contributed by atoms with E-state index in [9.17, 15) is 5.11 Å². The quantitative estimate of drug-likeness (QED) is 0.888. The van der Waals surface area contributed by atoms with E-state index >= 15 is 0 Å². The summed E-state index contributed by atoms with van der Waals surface area (Å²) in [5.74, 6) is 0.627. The summed E-state index contributed by atoms with van der Waals surface area (Å²) in [7, 11) is 0. The SMILES string of the molecule is Cc1cc([C@H]2C=C(O)[C@@H](CO)O2)cnc1OCc1ccccc1. The molecule has 1 aromatic carbocycles. The highest BCUT2D eigenvalue weighted by molar-refractivity contribution is 5.33. The van der Waals surface area contributed by atoms with Crippen LogP contribution in [-0.2, 0) is 11.3 Å². The molecule has 0 saturated heterocycles. The number of aliphatic hydroxyl groups excluding tert-OH is 2. The molecular weight excluding hydrogens is 294 g/mol. The van der Waals surface area contributed by atoms with Crippen molar-refractivity contribution >= 4 is 0 Å². The Balaban J connectivity index is 1.69. The van der Waals surface area contributed by atoms with E-state index in [-0.39, 0.29) is 12.4 Å². The van der Waals surface area contributed by atoms with Crippen LogP contribution in [0.4, 0.5) is 0 Å². The standard InChI is InChI=1S/C18H19NO4/c1-12-7-14(16-8-15(21)17(10-20)23-16)9-19-18(12)22-11-13-5-3-2-4-6-13/h2-9,16-17,20-21H,10-11H2,1H3/t16-,17-/m1/s1. The van der Waals surface area contributed by atoms with Crippen LogP contribution in [0, 0.1) is 6.92 Å². The van der Waals surface area contributed by atoms with Gasteiger partial charge in [-0.2, -0.15) is 0 Å². The van der Waals surface area contributed by atoms with Gasteiger partial charge in [0.05, 0.1) is 6.61 Å². The van der Waals surface area contributed by atoms with E-state index in [1.807, 2.05) is 43.3 Å². The van der Waals surface area contributed by atoms with Gasteiger partial charge in [-0.25, -0.2) is 4.98 Å². The lowest BCUT2D eigenvalue weighted by Crippen LogP contribution is -2.16. The number of rotatable bonds is 5. The fourth-order valence-electron chi connectivity index (χ4n) is 2.48. The third-order valence-corrected chi connectivity index (χ3v) is 3.73. The van der Waals surface area contributed by atoms with E-state index in [4.69, 9.17) is 14.6 Å². The zero-order valence-electron chi connectivity index (χ0n) is 12.8. The van der Waals surface area contributed by atoms with Gasteiger partial charge < -0.3 is 19.7 Å². The lowest BCUT2D eigenvalue weighted by molar-refractivity contribution is 0.00578. The molecule has 0 fully saturated rings. The number of benzene rings is 1. The Kier molecular flexibility index (Phi) is 4.60. The van der Waals surface area contributed by atoms with Crippen molar-refractivity contribution in [2.45, 2.75) is 25.7 Å². The van der Waals surface area contributed by atoms with Gasteiger partial charge in [0.25, 0.3) is 0 Å². The van der Waals surface area contributed by atoms with Crippen LogP contribution >= 0.6 is 0 Å². The van der Waals surface area contributed by atoms with Crippen LogP contribution in [-0.4, -0.2) is 27.9 Å². The number of aromatic nitrogens is 1. The topological polar surface area (TPSA) is 71.8 Å². The summed E-state index contributed by atoms with van der Waals surface area (Å²) in [6.45, 7) is 2.13. The predicted molar refractivity (Wildman–Crippen MR) is 85.2 cm³/mol. The largest absolute Gasteiger partial charge is 0.510 e. The maximum atomic E-state index is 9.69. The molecule has 1 aromatic heterocycles. The number of hydrogen-bond acceptors (Lipinski definition) is 5. The van der Waals surface area contributed by atoms with Crippen molar-refractivity contribution in [1.29, 1.82) is 0 Å². The molecule has 2 N–H and O–H groups in total. The van der Waals surface area contributed by atoms with Crippen molar-refractivity contribution in [1.82, 2.24) is 4.98 Å². The first kappa shape index (κ1) is 15.5. The molecule has 0 bridgehead atoms. The molecule has 5 nitrogen and oxygen atoms in total. The van der Waals surface area contributed by atoms with Crippen LogP contribution in [0.2, 0.25) is 0 Å². The monoisotopic (exact) mass is 313 g/mol. The summed E-state index contributed by atoms with van der Waals surface area (Å²) >= 11 is 0. The Morgan fingerprint density at radius 1 is 1.26 bits per heavy atom. The van der Waals surface area contributed by atoms with E-state index in [1.165, 1.54) is 0 Å². The van der Waals surface area contributed by atoms with Crippen LogP contribution in [0.15, 0.2) is 54.4 Å². The minimum atomic E-state index is -0.658. The summed E-state index contributed by atoms with van der Waals surface area (Å²) in [6.07, 6.45) is 2.19. The first-order valence-corrected chi connectivity index (χ1v) is 7.47. The molecule has 5 heteroatoms. The molecule has 0 aliphatic carbocycles. The summed E-state index contributed by atoms with van der Waals surface area (Å²) in [6, 6.07) is 11.8. The highest BCUT2D eigenvalue weighted by Gasteiger charge is 2.27. The zero-order valence-corrected chi connectivity index (χ0v) is 12.8. The fraction of sp³-hybridized carbons (Fsp3) is 0.278. The second-order valence-corrected chi connectivity index (χ2v) is 5.48. The van der Waals surface area contributed by atoms with Crippen LogP contribution in [0.1, 0.15) is 22.8 Å². The smallest absolute Gasteiger partial charge is 0.216 e. The predicted octanol–water partition coefficient (Wildman–Crippen LogP) is 2.84. The summed E-state index contributed by atoms with van der Waals surface area (Å²) in [4.78, 5) is 4.34. The van der Waals surface area contributed by atoms with Crippen molar-refractivity contribution in [3.8, 4) is 5.88 Å². The van der Waals surface area contributed by atoms with E-state index in [0.29, 0.717) is 12.5 Å². The molecule has 23 heavy (non-hydrogen) atoms. The second-order valence-electron chi connectivity index (χ2n) is 5.48. The Hall–Kier alpha value is -2.37. The molecule has 2 heterocycles. The molecule has 2 aromatic rings. The van der Waals surface area contributed by atoms with Gasteiger partial charge in [0.1, 0.15) is 24.6 Å². The Bertz CT molecular complexity index is 699. The molecule has 0 saturated carbocycles. The number of ether oxygens (including phenoxy) is 2. The van der Waals surface area contributed by atoms with Crippen molar-refractivity contribution in [3.05, 3.63) is 71.1 Å². The molecular formula is C18H19NO4. The van der Waals surface area contributed by atoms with Gasteiger partial charge in [0, 0.05) is 17.3 Å². The number of aryl methyl sites for hydroxylation is 1. The van der Waals surface area contributed by atoms with Crippen LogP contribution in [0.5, 0.6) is 5.88 Å². The molecule has 0 unspecified atom stereocenters. The van der Waals surface area contributed by atoms with Crippen LogP contribution < -0.4 is 4.74 Å². The summed E-state index contributed by atoms with van der Waals surface area (Å²) in [5, 5.41) is 18.8. The van der Waals surface area contributed by atoms with E-state index in [1.54, 1.807) is 12.3 Å². The van der Waals surface area contributed by atoms with Crippen molar-refractivity contribution in [2.75, 3.05) is 6.61 Å². The van der Waals surface area contributed by atoms with Gasteiger partial charge in [-0.15, -0.1) is 0 Å². The Labute approximate surface area is 134 Å². The minimum absolute atomic E-state index is 0.0551. The van der Waals surface area contributed by atoms with E-state index < -0.39 is 12.2 Å². The average Bonchev–Trinajstić information content (AvgIpc) is 2.95. The lowest BCUT2D eigenvalue weighted by Gasteiger charge is -2.14. The number of nitrogens with zero attached hydrogens (tertiary/aromatic N) is 1. The van der Waals surface area contributed by atoms with Gasteiger partial charge in [0.15, 0.2) is 0 Å². The number of aliphatic hydroxyl groups is 2. The number of hydrogen-bond donors (Lipinski definition) is 2. The van der Waals surface area contributed by atoms with Gasteiger partial charge >= 0.3 is 0 Å². The summed E-state index contributed by atoms with van der Waals surface area (Å²) in [5.41, 5.74) is 2.79. The first-order valence-electron chi connectivity index (χ1n) is 7.47. The number of pyridine rings is 1. The minimum Gasteiger partial charge on any atom is -0.510 e. The van der Waals surface area contributed by atoms with Crippen molar-refractivity contribution < 1.29 is 19.7 Å². The molecule has 3 rings (SSSR count). The average molecular weight is 313 g/mol. The second kappa shape index (κ2) is 6.81. The first-order chi connectivity index (χ1) is 11.2. The molecule has 2 atom stereocenters. The van der Waals surface area contributed by atoms with Gasteiger partial charge in [-0.3, -0.25) is 0 Å². The molecule has 120 valence electrons. The third kappa shape index (κ3) is 3.52. The highest BCUT2D eigenvalue weighted by Crippen LogP contribution is 2.31. The summed E-state index contributed by atoms with van der Waals surface area (Å²) < 4.78 is 11.3. The Morgan fingerprint density at radius 2 is 2.04 bits per heavy atom. The Morgan fingerprint density at radius 3 is 2.70 bits per heavy atom.